The zero-order chi connectivity index (χ0) is 22.4. The molecular weight excluding hydrogens is 418 g/mol. The van der Waals surface area contributed by atoms with Crippen LogP contribution in [-0.4, -0.2) is 34.7 Å². The highest BCUT2D eigenvalue weighted by Gasteiger charge is 2.13. The summed E-state index contributed by atoms with van der Waals surface area (Å²) in [6.45, 7) is 2.31. The normalized spacial score (nSPS) is 10.5. The van der Waals surface area contributed by atoms with E-state index in [-0.39, 0.29) is 5.56 Å². The summed E-state index contributed by atoms with van der Waals surface area (Å²) in [5, 5.41) is 3.11. The van der Waals surface area contributed by atoms with Crippen molar-refractivity contribution in [2.75, 3.05) is 19.5 Å². The quantitative estimate of drug-likeness (QED) is 0.486. The van der Waals surface area contributed by atoms with Crippen LogP contribution >= 0.6 is 11.8 Å². The van der Waals surface area contributed by atoms with Crippen LogP contribution in [0.2, 0.25) is 0 Å². The molecule has 0 aliphatic rings. The molecule has 0 fully saturated rings. The van der Waals surface area contributed by atoms with Crippen LogP contribution in [0.1, 0.15) is 22.8 Å². The lowest BCUT2D eigenvalue weighted by Crippen LogP contribution is -2.24. The number of nitrogens with two attached hydrogens (primary N) is 1. The van der Waals surface area contributed by atoms with Crippen LogP contribution in [0.25, 0.3) is 0 Å². The Balaban J connectivity index is 1.79. The first-order chi connectivity index (χ1) is 15.0. The number of benzene rings is 1. The molecule has 0 aliphatic carbocycles. The fourth-order valence-electron chi connectivity index (χ4n) is 2.82. The van der Waals surface area contributed by atoms with Gasteiger partial charge in [-0.05, 0) is 37.3 Å². The van der Waals surface area contributed by atoms with Gasteiger partial charge in [-0.2, -0.15) is 4.98 Å². The molecule has 0 saturated carbocycles. The van der Waals surface area contributed by atoms with Gasteiger partial charge in [-0.3, -0.25) is 14.2 Å². The first-order valence-electron chi connectivity index (χ1n) is 9.44. The highest BCUT2D eigenvalue weighted by molar-refractivity contribution is 7.98. The van der Waals surface area contributed by atoms with Crippen molar-refractivity contribution in [2.45, 2.75) is 24.1 Å². The number of thioether (sulfide) groups is 1. The summed E-state index contributed by atoms with van der Waals surface area (Å²) in [7, 11) is 3.08. The topological polar surface area (TPSA) is 121 Å². The molecule has 162 valence electrons. The Hall–Kier alpha value is -3.53. The molecule has 2 aromatic heterocycles. The molecule has 3 rings (SSSR count). The number of primary amides is 1. The average molecular weight is 442 g/mol. The number of methoxy groups -OCH3 is 2. The van der Waals surface area contributed by atoms with Crippen molar-refractivity contribution < 1.29 is 14.3 Å². The second-order valence-electron chi connectivity index (χ2n) is 6.37. The number of nitrogens with zero attached hydrogens (tertiary/aromatic N) is 3. The van der Waals surface area contributed by atoms with Crippen LogP contribution in [-0.2, 0) is 12.3 Å². The first-order valence-corrected chi connectivity index (χ1v) is 10.4. The smallest absolute Gasteiger partial charge is 0.268 e. The number of anilines is 2. The van der Waals surface area contributed by atoms with Crippen molar-refractivity contribution in [3.05, 3.63) is 64.1 Å². The third-order valence-corrected chi connectivity index (χ3v) is 5.50. The third kappa shape index (κ3) is 5.15. The van der Waals surface area contributed by atoms with Gasteiger partial charge in [0.15, 0.2) is 0 Å². The lowest BCUT2D eigenvalue weighted by atomic mass is 10.2. The Morgan fingerprint density at radius 3 is 2.52 bits per heavy atom. The number of hydrogen-bond acceptors (Lipinski definition) is 8. The number of nitrogens with one attached hydrogen (secondary N) is 1. The predicted octanol–water partition coefficient (Wildman–Crippen LogP) is 2.81. The maximum atomic E-state index is 13.0. The molecule has 0 spiro atoms. The van der Waals surface area contributed by atoms with E-state index in [0.29, 0.717) is 46.2 Å². The van der Waals surface area contributed by atoms with Crippen molar-refractivity contribution in [1.82, 2.24) is 14.5 Å². The molecule has 0 saturated heterocycles. The summed E-state index contributed by atoms with van der Waals surface area (Å²) < 4.78 is 12.0. The van der Waals surface area contributed by atoms with Gasteiger partial charge >= 0.3 is 0 Å². The molecule has 0 radical (unpaired) electrons. The number of amides is 1. The van der Waals surface area contributed by atoms with Gasteiger partial charge < -0.3 is 20.5 Å². The standard InChI is InChI=1S/C21H23N5O4S/c1-4-26-20(28)16(31-12-14-7-10-17(29-2)25-19(14)30-3)11-23-21(26)24-15-8-5-13(6-9-15)18(22)27/h5-11H,4,12H2,1-3H3,(H2,22,27)(H,23,24). The number of aromatic nitrogens is 3. The third-order valence-electron chi connectivity index (χ3n) is 4.46. The number of hydrogen-bond donors (Lipinski definition) is 2. The number of ether oxygens (including phenoxy) is 2. The number of pyridine rings is 1. The van der Waals surface area contributed by atoms with Gasteiger partial charge in [0.2, 0.25) is 23.6 Å². The van der Waals surface area contributed by atoms with Gasteiger partial charge in [0.25, 0.3) is 5.56 Å². The number of carbonyl (C=O) groups excluding carboxylic acids is 1. The Bertz CT molecular complexity index is 1130. The van der Waals surface area contributed by atoms with Crippen LogP contribution in [0.4, 0.5) is 11.6 Å². The van der Waals surface area contributed by atoms with Crippen LogP contribution in [0.3, 0.4) is 0 Å². The molecule has 0 aliphatic heterocycles. The zero-order valence-corrected chi connectivity index (χ0v) is 18.2. The molecule has 3 N–H and O–H groups in total. The SMILES string of the molecule is CCn1c(Nc2ccc(C(N)=O)cc2)ncc(SCc2ccc(OC)nc2OC)c1=O. The largest absolute Gasteiger partial charge is 0.481 e. The summed E-state index contributed by atoms with van der Waals surface area (Å²) in [5.41, 5.74) is 7.04. The zero-order valence-electron chi connectivity index (χ0n) is 17.4. The first kappa shape index (κ1) is 22.2. The minimum absolute atomic E-state index is 0.154. The number of carbonyl (C=O) groups is 1. The molecule has 31 heavy (non-hydrogen) atoms. The summed E-state index contributed by atoms with van der Waals surface area (Å²) >= 11 is 1.36. The fourth-order valence-corrected chi connectivity index (χ4v) is 3.71. The Morgan fingerprint density at radius 2 is 1.90 bits per heavy atom. The van der Waals surface area contributed by atoms with E-state index in [9.17, 15) is 9.59 Å². The molecule has 9 nitrogen and oxygen atoms in total. The van der Waals surface area contributed by atoms with Crippen LogP contribution in [0, 0.1) is 0 Å². The summed E-state index contributed by atoms with van der Waals surface area (Å²) in [5.74, 6) is 1.31. The van der Waals surface area contributed by atoms with E-state index in [1.165, 1.54) is 26.0 Å². The van der Waals surface area contributed by atoms with Gasteiger partial charge in [-0.1, -0.05) is 0 Å². The van der Waals surface area contributed by atoms with E-state index >= 15 is 0 Å². The minimum Gasteiger partial charge on any atom is -0.481 e. The highest BCUT2D eigenvalue weighted by Crippen LogP contribution is 2.27. The molecule has 0 unspecified atom stereocenters. The van der Waals surface area contributed by atoms with Gasteiger partial charge in [-0.25, -0.2) is 4.98 Å². The summed E-state index contributed by atoms with van der Waals surface area (Å²) in [4.78, 5) is 33.4. The van der Waals surface area contributed by atoms with E-state index in [1.54, 1.807) is 41.1 Å². The lowest BCUT2D eigenvalue weighted by molar-refractivity contribution is 0.100. The van der Waals surface area contributed by atoms with Crippen molar-refractivity contribution in [3.8, 4) is 11.8 Å². The van der Waals surface area contributed by atoms with E-state index < -0.39 is 5.91 Å². The van der Waals surface area contributed by atoms with Gasteiger partial charge in [0.1, 0.15) is 0 Å². The maximum absolute atomic E-state index is 13.0. The van der Waals surface area contributed by atoms with E-state index in [2.05, 4.69) is 15.3 Å². The molecule has 3 aromatic rings. The van der Waals surface area contributed by atoms with E-state index in [1.807, 2.05) is 13.0 Å². The van der Waals surface area contributed by atoms with Crippen molar-refractivity contribution in [1.29, 1.82) is 0 Å². The van der Waals surface area contributed by atoms with Gasteiger partial charge in [-0.15, -0.1) is 11.8 Å². The fraction of sp³-hybridized carbons (Fsp3) is 0.238. The Morgan fingerprint density at radius 1 is 1.16 bits per heavy atom. The van der Waals surface area contributed by atoms with Crippen molar-refractivity contribution >= 4 is 29.3 Å². The van der Waals surface area contributed by atoms with E-state index in [0.717, 1.165) is 5.56 Å². The Kier molecular flexibility index (Phi) is 7.14. The molecule has 2 heterocycles. The van der Waals surface area contributed by atoms with Gasteiger partial charge in [0, 0.05) is 35.2 Å². The molecule has 10 heteroatoms. The molecular formula is C21H23N5O4S. The van der Waals surface area contributed by atoms with Crippen LogP contribution < -0.4 is 26.1 Å². The summed E-state index contributed by atoms with van der Waals surface area (Å²) in [6.07, 6.45) is 1.54. The lowest BCUT2D eigenvalue weighted by Gasteiger charge is -2.14. The predicted molar refractivity (Wildman–Crippen MR) is 119 cm³/mol. The Labute approximate surface area is 183 Å². The molecule has 1 amide bonds. The van der Waals surface area contributed by atoms with Gasteiger partial charge in [0.05, 0.1) is 25.3 Å². The highest BCUT2D eigenvalue weighted by atomic mass is 32.2. The number of rotatable bonds is 9. The second-order valence-corrected chi connectivity index (χ2v) is 7.39. The molecule has 0 atom stereocenters. The van der Waals surface area contributed by atoms with E-state index in [4.69, 9.17) is 15.2 Å². The van der Waals surface area contributed by atoms with Crippen molar-refractivity contribution in [3.63, 3.8) is 0 Å². The summed E-state index contributed by atoms with van der Waals surface area (Å²) in [6, 6.07) is 10.2. The second kappa shape index (κ2) is 9.98. The maximum Gasteiger partial charge on any atom is 0.268 e. The van der Waals surface area contributed by atoms with Crippen molar-refractivity contribution in [2.24, 2.45) is 5.73 Å². The van der Waals surface area contributed by atoms with Crippen LogP contribution in [0.5, 0.6) is 11.8 Å². The monoisotopic (exact) mass is 441 g/mol. The minimum atomic E-state index is -0.500. The average Bonchev–Trinajstić information content (AvgIpc) is 2.79. The molecule has 1 aromatic carbocycles. The molecule has 0 bridgehead atoms. The van der Waals surface area contributed by atoms with Crippen LogP contribution in [0.15, 0.2) is 52.3 Å².